The number of hydrogen-bond donors (Lipinski definition) is 1. The average molecular weight is 475 g/mol. The van der Waals surface area contributed by atoms with Gasteiger partial charge in [0.05, 0.1) is 6.04 Å². The first-order valence-electron chi connectivity index (χ1n) is 12.4. The Labute approximate surface area is 207 Å². The van der Waals surface area contributed by atoms with Crippen LogP contribution in [-0.2, 0) is 22.4 Å². The molecule has 5 rings (SSSR count). The van der Waals surface area contributed by atoms with Crippen molar-refractivity contribution in [2.45, 2.75) is 57.1 Å². The Hall–Kier alpha value is -3.00. The van der Waals surface area contributed by atoms with Crippen LogP contribution in [0.5, 0.6) is 0 Å². The number of carbonyl (C=O) groups is 2. The van der Waals surface area contributed by atoms with Gasteiger partial charge in [-0.1, -0.05) is 48.5 Å². The zero-order chi connectivity index (χ0) is 24.9. The first-order chi connectivity index (χ1) is 16.8. The van der Waals surface area contributed by atoms with Gasteiger partial charge in [-0.05, 0) is 63.0 Å². The van der Waals surface area contributed by atoms with Crippen LogP contribution >= 0.6 is 0 Å². The van der Waals surface area contributed by atoms with E-state index in [2.05, 4.69) is 58.4 Å². The average Bonchev–Trinajstić information content (AvgIpc) is 2.98. The van der Waals surface area contributed by atoms with Gasteiger partial charge in [-0.3, -0.25) is 14.6 Å². The van der Waals surface area contributed by atoms with E-state index in [9.17, 15) is 14.7 Å². The molecule has 184 valence electrons. The Morgan fingerprint density at radius 2 is 1.54 bits per heavy atom. The SMILES string of the molecule is CC(C)N1C(=O)C2C(O)C(=O)C=CN2N(C2c3ccccc3CCc3ccccc32)C1CN(C)C. The minimum atomic E-state index is -1.41. The summed E-state index contributed by atoms with van der Waals surface area (Å²) in [5, 5.41) is 15.0. The lowest BCUT2D eigenvalue weighted by atomic mass is 9.91. The van der Waals surface area contributed by atoms with Crippen LogP contribution in [0.15, 0.2) is 60.8 Å². The van der Waals surface area contributed by atoms with Crippen molar-refractivity contribution in [1.82, 2.24) is 19.8 Å². The molecule has 0 aromatic heterocycles. The van der Waals surface area contributed by atoms with Crippen LogP contribution in [0.1, 0.15) is 42.1 Å². The van der Waals surface area contributed by atoms with Crippen molar-refractivity contribution < 1.29 is 14.7 Å². The van der Waals surface area contributed by atoms with E-state index in [1.165, 1.54) is 28.3 Å². The molecule has 7 nitrogen and oxygen atoms in total. The highest BCUT2D eigenvalue weighted by molar-refractivity contribution is 6.00. The van der Waals surface area contributed by atoms with Crippen LogP contribution in [0.25, 0.3) is 0 Å². The van der Waals surface area contributed by atoms with E-state index < -0.39 is 17.9 Å². The minimum absolute atomic E-state index is 0.110. The number of carbonyl (C=O) groups excluding carboxylic acids is 2. The molecule has 3 atom stereocenters. The summed E-state index contributed by atoms with van der Waals surface area (Å²) in [5.41, 5.74) is 4.94. The Morgan fingerprint density at radius 3 is 2.09 bits per heavy atom. The number of amides is 1. The number of likely N-dealkylation sites (N-methyl/N-ethyl adjacent to an activating group) is 1. The molecule has 1 N–H and O–H groups in total. The van der Waals surface area contributed by atoms with Gasteiger partial charge in [-0.15, -0.1) is 0 Å². The number of rotatable bonds is 4. The molecule has 0 saturated carbocycles. The fraction of sp³-hybridized carbons (Fsp3) is 0.429. The quantitative estimate of drug-likeness (QED) is 0.734. The molecule has 2 aromatic carbocycles. The summed E-state index contributed by atoms with van der Waals surface area (Å²) in [7, 11) is 4.01. The number of hydrazine groups is 1. The molecule has 1 aliphatic carbocycles. The second-order valence-electron chi connectivity index (χ2n) is 10.3. The fourth-order valence-electron chi connectivity index (χ4n) is 5.87. The van der Waals surface area contributed by atoms with E-state index in [1.54, 1.807) is 6.20 Å². The van der Waals surface area contributed by atoms with E-state index >= 15 is 0 Å². The summed E-state index contributed by atoms with van der Waals surface area (Å²) in [5.74, 6) is -0.653. The number of fused-ring (bicyclic) bond motifs is 3. The molecule has 2 aliphatic heterocycles. The second kappa shape index (κ2) is 9.22. The standard InChI is InChI=1S/C28H34N4O3/c1-18(2)31-24(17-29(3)4)32(30-16-15-23(33)27(34)26(30)28(31)35)25-21-11-7-5-9-19(21)13-14-20-10-6-8-12-22(20)25/h5-12,15-16,18,24-27,34H,13-14,17H2,1-4H3. The first-order valence-corrected chi connectivity index (χ1v) is 12.4. The minimum Gasteiger partial charge on any atom is -0.382 e. The third-order valence-corrected chi connectivity index (χ3v) is 7.38. The maximum Gasteiger partial charge on any atom is 0.251 e. The van der Waals surface area contributed by atoms with Crippen LogP contribution in [0.4, 0.5) is 0 Å². The van der Waals surface area contributed by atoms with Crippen molar-refractivity contribution in [1.29, 1.82) is 0 Å². The summed E-state index contributed by atoms with van der Waals surface area (Å²) >= 11 is 0. The third kappa shape index (κ3) is 3.97. The van der Waals surface area contributed by atoms with Gasteiger partial charge in [0, 0.05) is 24.9 Å². The van der Waals surface area contributed by atoms with E-state index in [4.69, 9.17) is 0 Å². The van der Waals surface area contributed by atoms with Crippen LogP contribution < -0.4 is 0 Å². The summed E-state index contributed by atoms with van der Waals surface area (Å²) in [6, 6.07) is 15.7. The predicted molar refractivity (Wildman–Crippen MR) is 134 cm³/mol. The maximum atomic E-state index is 13.8. The van der Waals surface area contributed by atoms with Crippen LogP contribution in [0, 0.1) is 0 Å². The van der Waals surface area contributed by atoms with Crippen molar-refractivity contribution >= 4 is 11.7 Å². The molecule has 1 saturated heterocycles. The second-order valence-corrected chi connectivity index (χ2v) is 10.3. The molecule has 0 radical (unpaired) electrons. The molecule has 0 spiro atoms. The highest BCUT2D eigenvalue weighted by Gasteiger charge is 2.53. The molecular formula is C28H34N4O3. The zero-order valence-corrected chi connectivity index (χ0v) is 20.8. The van der Waals surface area contributed by atoms with Crippen molar-refractivity contribution in [3.05, 3.63) is 83.1 Å². The predicted octanol–water partition coefficient (Wildman–Crippen LogP) is 2.36. The molecule has 7 heteroatoms. The molecule has 3 aliphatic rings. The number of aliphatic hydroxyl groups excluding tert-OH is 1. The summed E-state index contributed by atoms with van der Waals surface area (Å²) < 4.78 is 0. The number of ketones is 1. The molecular weight excluding hydrogens is 440 g/mol. The lowest BCUT2D eigenvalue weighted by Crippen LogP contribution is -2.74. The number of aryl methyl sites for hydroxylation is 2. The number of aliphatic hydroxyl groups is 1. The van der Waals surface area contributed by atoms with E-state index in [0.717, 1.165) is 12.8 Å². The zero-order valence-electron chi connectivity index (χ0n) is 20.8. The Balaban J connectivity index is 1.78. The topological polar surface area (TPSA) is 67.3 Å². The van der Waals surface area contributed by atoms with Crippen LogP contribution in [0.2, 0.25) is 0 Å². The van der Waals surface area contributed by atoms with Crippen molar-refractivity contribution in [2.75, 3.05) is 20.6 Å². The van der Waals surface area contributed by atoms with Gasteiger partial charge in [-0.2, -0.15) is 5.01 Å². The van der Waals surface area contributed by atoms with Crippen LogP contribution in [0.3, 0.4) is 0 Å². The largest absolute Gasteiger partial charge is 0.382 e. The third-order valence-electron chi connectivity index (χ3n) is 7.38. The van der Waals surface area contributed by atoms with E-state index in [1.807, 2.05) is 37.9 Å². The van der Waals surface area contributed by atoms with E-state index in [-0.39, 0.29) is 24.2 Å². The molecule has 0 bridgehead atoms. The monoisotopic (exact) mass is 474 g/mol. The summed E-state index contributed by atoms with van der Waals surface area (Å²) in [4.78, 5) is 30.3. The molecule has 1 amide bonds. The van der Waals surface area contributed by atoms with Gasteiger partial charge in [0.2, 0.25) is 0 Å². The smallest absolute Gasteiger partial charge is 0.251 e. The highest BCUT2D eigenvalue weighted by Crippen LogP contribution is 2.43. The molecule has 2 heterocycles. The molecule has 35 heavy (non-hydrogen) atoms. The lowest BCUT2D eigenvalue weighted by Gasteiger charge is -2.58. The Bertz CT molecular complexity index is 1110. The number of benzene rings is 2. The first kappa shape index (κ1) is 23.7. The Kier molecular flexibility index (Phi) is 6.25. The van der Waals surface area contributed by atoms with Gasteiger partial charge in [-0.25, -0.2) is 0 Å². The van der Waals surface area contributed by atoms with Crippen molar-refractivity contribution in [3.8, 4) is 0 Å². The van der Waals surface area contributed by atoms with E-state index in [0.29, 0.717) is 6.54 Å². The summed E-state index contributed by atoms with van der Waals surface area (Å²) in [6.45, 7) is 4.60. The van der Waals surface area contributed by atoms with Gasteiger partial charge in [0.15, 0.2) is 11.8 Å². The molecule has 3 unspecified atom stereocenters. The van der Waals surface area contributed by atoms with Gasteiger partial charge >= 0.3 is 0 Å². The fourth-order valence-corrected chi connectivity index (χ4v) is 5.87. The summed E-state index contributed by atoms with van der Waals surface area (Å²) in [6.07, 6.45) is 3.24. The highest BCUT2D eigenvalue weighted by atomic mass is 16.3. The van der Waals surface area contributed by atoms with Crippen LogP contribution in [-0.4, -0.2) is 81.6 Å². The van der Waals surface area contributed by atoms with Crippen molar-refractivity contribution in [3.63, 3.8) is 0 Å². The Morgan fingerprint density at radius 1 is 0.971 bits per heavy atom. The lowest BCUT2D eigenvalue weighted by molar-refractivity contribution is -0.211. The molecule has 1 fully saturated rings. The van der Waals surface area contributed by atoms with Gasteiger partial charge in [0.1, 0.15) is 12.3 Å². The number of nitrogens with zero attached hydrogens (tertiary/aromatic N) is 4. The normalized spacial score (nSPS) is 25.1. The maximum absolute atomic E-state index is 13.8. The van der Waals surface area contributed by atoms with Crippen molar-refractivity contribution in [2.24, 2.45) is 0 Å². The van der Waals surface area contributed by atoms with Gasteiger partial charge < -0.3 is 14.9 Å². The molecule has 2 aromatic rings. The van der Waals surface area contributed by atoms with Gasteiger partial charge in [0.25, 0.3) is 5.91 Å². The number of hydrogen-bond acceptors (Lipinski definition) is 6.